The molecule has 0 atom stereocenters. The molecule has 0 saturated carbocycles. The van der Waals surface area contributed by atoms with Gasteiger partial charge in [-0.25, -0.2) is 0 Å². The van der Waals surface area contributed by atoms with Gasteiger partial charge < -0.3 is 19.5 Å². The van der Waals surface area contributed by atoms with Gasteiger partial charge in [0.25, 0.3) is 5.41 Å². The van der Waals surface area contributed by atoms with Crippen molar-refractivity contribution in [1.82, 2.24) is 5.32 Å². The van der Waals surface area contributed by atoms with Gasteiger partial charge in [0.15, 0.2) is 0 Å². The highest BCUT2D eigenvalue weighted by molar-refractivity contribution is 6.17. The zero-order valence-electron chi connectivity index (χ0n) is 25.2. The number of hydrogen-bond acceptors (Lipinski definition) is 7. The van der Waals surface area contributed by atoms with Crippen LogP contribution in [-0.2, 0) is 28.6 Å². The van der Waals surface area contributed by atoms with Gasteiger partial charge in [0, 0.05) is 0 Å². The Balaban J connectivity index is 4.82. The summed E-state index contributed by atoms with van der Waals surface area (Å²) in [6, 6.07) is 0. The standard InChI is InChI=1S/C31H59NO6/c1-5-9-13-14-17-20-23-32-24-21-18-15-16-19-22-31(28(33)36-25-10-6-2,29(34)37-26-11-7-3)30(35)38-27-12-8-4/h32H,5-27H2,1-4H3. The minimum Gasteiger partial charge on any atom is -0.464 e. The predicted octanol–water partition coefficient (Wildman–Crippen LogP) is 7.29. The molecule has 0 bridgehead atoms. The van der Waals surface area contributed by atoms with E-state index in [0.717, 1.165) is 58.0 Å². The Hall–Kier alpha value is -1.63. The Morgan fingerprint density at radius 1 is 0.474 bits per heavy atom. The molecule has 0 aromatic carbocycles. The van der Waals surface area contributed by atoms with Crippen LogP contribution in [0.3, 0.4) is 0 Å². The van der Waals surface area contributed by atoms with Crippen molar-refractivity contribution in [3.05, 3.63) is 0 Å². The van der Waals surface area contributed by atoms with Gasteiger partial charge in [-0.2, -0.15) is 0 Å². The van der Waals surface area contributed by atoms with Crippen LogP contribution in [0.5, 0.6) is 0 Å². The maximum absolute atomic E-state index is 13.2. The van der Waals surface area contributed by atoms with Gasteiger partial charge in [-0.1, -0.05) is 105 Å². The number of carbonyl (C=O) groups is 3. The largest absolute Gasteiger partial charge is 0.464 e. The van der Waals surface area contributed by atoms with E-state index in [1.807, 2.05) is 20.8 Å². The number of esters is 3. The molecular weight excluding hydrogens is 482 g/mol. The fourth-order valence-electron chi connectivity index (χ4n) is 4.18. The third-order valence-electron chi connectivity index (χ3n) is 6.85. The molecule has 0 aromatic heterocycles. The molecule has 7 heteroatoms. The normalized spacial score (nSPS) is 11.4. The molecule has 0 unspecified atom stereocenters. The molecule has 0 aliphatic rings. The lowest BCUT2D eigenvalue weighted by Crippen LogP contribution is -2.49. The van der Waals surface area contributed by atoms with E-state index in [4.69, 9.17) is 14.2 Å². The smallest absolute Gasteiger partial charge is 0.335 e. The van der Waals surface area contributed by atoms with Gasteiger partial charge in [0.1, 0.15) is 0 Å². The maximum atomic E-state index is 13.2. The molecule has 1 N–H and O–H groups in total. The van der Waals surface area contributed by atoms with E-state index in [1.165, 1.54) is 38.5 Å². The molecule has 0 aliphatic heterocycles. The molecule has 0 amide bonds. The zero-order chi connectivity index (χ0) is 28.3. The number of rotatable bonds is 27. The van der Waals surface area contributed by atoms with E-state index in [-0.39, 0.29) is 26.2 Å². The predicted molar refractivity (Wildman–Crippen MR) is 154 cm³/mol. The summed E-state index contributed by atoms with van der Waals surface area (Å²) in [5.41, 5.74) is -2.03. The van der Waals surface area contributed by atoms with Crippen molar-refractivity contribution in [3.8, 4) is 0 Å². The molecule has 0 aromatic rings. The first-order valence-electron chi connectivity index (χ1n) is 15.7. The Bertz CT molecular complexity index is 540. The lowest BCUT2D eigenvalue weighted by Gasteiger charge is -2.27. The lowest BCUT2D eigenvalue weighted by atomic mass is 9.82. The molecule has 0 radical (unpaired) electrons. The zero-order valence-corrected chi connectivity index (χ0v) is 25.2. The maximum Gasteiger partial charge on any atom is 0.335 e. The molecule has 224 valence electrons. The van der Waals surface area contributed by atoms with Gasteiger partial charge in [0.2, 0.25) is 0 Å². The fourth-order valence-corrected chi connectivity index (χ4v) is 4.18. The first-order valence-corrected chi connectivity index (χ1v) is 15.7. The van der Waals surface area contributed by atoms with E-state index in [9.17, 15) is 14.4 Å². The second-order valence-electron chi connectivity index (χ2n) is 10.4. The van der Waals surface area contributed by atoms with Crippen molar-refractivity contribution in [2.24, 2.45) is 5.41 Å². The van der Waals surface area contributed by atoms with Crippen molar-refractivity contribution in [3.63, 3.8) is 0 Å². The van der Waals surface area contributed by atoms with Gasteiger partial charge in [-0.15, -0.1) is 0 Å². The minimum absolute atomic E-state index is 0.0597. The first kappa shape index (κ1) is 36.4. The average Bonchev–Trinajstić information content (AvgIpc) is 2.91. The minimum atomic E-state index is -2.03. The molecule has 0 aliphatic carbocycles. The molecule has 0 rings (SSSR count). The van der Waals surface area contributed by atoms with Gasteiger partial charge in [0.05, 0.1) is 19.8 Å². The highest BCUT2D eigenvalue weighted by atomic mass is 16.6. The van der Waals surface area contributed by atoms with Crippen LogP contribution in [0.4, 0.5) is 0 Å². The van der Waals surface area contributed by atoms with E-state index in [0.29, 0.717) is 25.7 Å². The summed E-state index contributed by atoms with van der Waals surface area (Å²) >= 11 is 0. The number of unbranched alkanes of at least 4 members (excludes halogenated alkanes) is 12. The summed E-state index contributed by atoms with van der Waals surface area (Å²) in [4.78, 5) is 39.7. The van der Waals surface area contributed by atoms with Crippen LogP contribution < -0.4 is 5.32 Å². The molecule has 7 nitrogen and oxygen atoms in total. The average molecular weight is 542 g/mol. The number of nitrogens with one attached hydrogen (secondary N) is 1. The van der Waals surface area contributed by atoms with Gasteiger partial charge >= 0.3 is 17.9 Å². The summed E-state index contributed by atoms with van der Waals surface area (Å²) in [6.07, 6.45) is 17.0. The Morgan fingerprint density at radius 3 is 1.21 bits per heavy atom. The van der Waals surface area contributed by atoms with E-state index < -0.39 is 23.3 Å². The Morgan fingerprint density at radius 2 is 0.816 bits per heavy atom. The SMILES string of the molecule is CCCCCCCCNCCCCCCCC(C(=O)OCCCC)(C(=O)OCCCC)C(=O)OCCCC. The molecule has 0 heterocycles. The Labute approximate surface area is 233 Å². The second-order valence-corrected chi connectivity index (χ2v) is 10.4. The molecule has 0 spiro atoms. The van der Waals surface area contributed by atoms with Crippen LogP contribution in [0.25, 0.3) is 0 Å². The molecule has 38 heavy (non-hydrogen) atoms. The fraction of sp³-hybridized carbons (Fsp3) is 0.903. The monoisotopic (exact) mass is 541 g/mol. The van der Waals surface area contributed by atoms with E-state index in [1.54, 1.807) is 0 Å². The van der Waals surface area contributed by atoms with Crippen LogP contribution >= 0.6 is 0 Å². The topological polar surface area (TPSA) is 90.9 Å². The van der Waals surface area contributed by atoms with Crippen molar-refractivity contribution in [2.75, 3.05) is 32.9 Å². The first-order chi connectivity index (χ1) is 18.5. The van der Waals surface area contributed by atoms with Crippen molar-refractivity contribution in [2.45, 2.75) is 143 Å². The summed E-state index contributed by atoms with van der Waals surface area (Å²) < 4.78 is 16.3. The summed E-state index contributed by atoms with van der Waals surface area (Å²) in [5.74, 6) is -2.48. The second kappa shape index (κ2) is 25.6. The van der Waals surface area contributed by atoms with Crippen LogP contribution in [0.2, 0.25) is 0 Å². The van der Waals surface area contributed by atoms with Crippen molar-refractivity contribution >= 4 is 17.9 Å². The van der Waals surface area contributed by atoms with E-state index >= 15 is 0 Å². The van der Waals surface area contributed by atoms with Crippen molar-refractivity contribution in [1.29, 1.82) is 0 Å². The number of ether oxygens (including phenoxy) is 3. The van der Waals surface area contributed by atoms with Gasteiger partial charge in [-0.3, -0.25) is 14.4 Å². The number of carbonyl (C=O) groups excluding carboxylic acids is 3. The highest BCUT2D eigenvalue weighted by Crippen LogP contribution is 2.32. The van der Waals surface area contributed by atoms with Crippen LogP contribution in [0.15, 0.2) is 0 Å². The lowest BCUT2D eigenvalue weighted by molar-refractivity contribution is -0.185. The third-order valence-corrected chi connectivity index (χ3v) is 6.85. The number of hydrogen-bond donors (Lipinski definition) is 1. The quantitative estimate of drug-likeness (QED) is 0.0505. The van der Waals surface area contributed by atoms with Gasteiger partial charge in [-0.05, 0) is 51.6 Å². The van der Waals surface area contributed by atoms with Crippen LogP contribution in [0, 0.1) is 5.41 Å². The molecule has 0 fully saturated rings. The highest BCUT2D eigenvalue weighted by Gasteiger charge is 2.57. The summed E-state index contributed by atoms with van der Waals surface area (Å²) in [7, 11) is 0. The van der Waals surface area contributed by atoms with Crippen LogP contribution in [0.1, 0.15) is 143 Å². The summed E-state index contributed by atoms with van der Waals surface area (Å²) in [5, 5.41) is 3.53. The molecule has 0 saturated heterocycles. The van der Waals surface area contributed by atoms with Crippen LogP contribution in [-0.4, -0.2) is 50.8 Å². The van der Waals surface area contributed by atoms with Crippen molar-refractivity contribution < 1.29 is 28.6 Å². The Kier molecular flexibility index (Phi) is 24.5. The van der Waals surface area contributed by atoms with E-state index in [2.05, 4.69) is 12.2 Å². The third kappa shape index (κ3) is 16.4. The molecular formula is C31H59NO6. The summed E-state index contributed by atoms with van der Waals surface area (Å²) in [6.45, 7) is 10.8.